The van der Waals surface area contributed by atoms with Crippen molar-refractivity contribution in [3.8, 4) is 11.5 Å². The summed E-state index contributed by atoms with van der Waals surface area (Å²) in [6, 6.07) is 2.57. The number of hydrogen-bond acceptors (Lipinski definition) is 4. The number of halogens is 2. The standard InChI is InChI=1S/C10H12F2O4/c1-15-8-2-6(4-13)7(5-14)3-9(8)16-10(11)12/h2-3,10,13-14H,4-5H2,1H3. The van der Waals surface area contributed by atoms with Crippen molar-refractivity contribution in [2.45, 2.75) is 19.8 Å². The van der Waals surface area contributed by atoms with E-state index < -0.39 is 6.61 Å². The van der Waals surface area contributed by atoms with E-state index in [2.05, 4.69) is 4.74 Å². The molecule has 0 fully saturated rings. The van der Waals surface area contributed by atoms with Crippen LogP contribution in [-0.2, 0) is 13.2 Å². The van der Waals surface area contributed by atoms with Crippen molar-refractivity contribution >= 4 is 0 Å². The first-order valence-corrected chi connectivity index (χ1v) is 4.48. The summed E-state index contributed by atoms with van der Waals surface area (Å²) >= 11 is 0. The summed E-state index contributed by atoms with van der Waals surface area (Å²) in [6.07, 6.45) is 0. The molecule has 6 heteroatoms. The number of aliphatic hydroxyl groups is 2. The first-order valence-electron chi connectivity index (χ1n) is 4.48. The minimum atomic E-state index is -2.97. The molecule has 16 heavy (non-hydrogen) atoms. The Morgan fingerprint density at radius 3 is 2.00 bits per heavy atom. The predicted octanol–water partition coefficient (Wildman–Crippen LogP) is 1.28. The Morgan fingerprint density at radius 1 is 1.12 bits per heavy atom. The molecule has 1 aromatic carbocycles. The van der Waals surface area contributed by atoms with E-state index in [1.807, 2.05) is 0 Å². The summed E-state index contributed by atoms with van der Waals surface area (Å²) < 4.78 is 33.2. The van der Waals surface area contributed by atoms with Crippen molar-refractivity contribution in [2.75, 3.05) is 7.11 Å². The normalized spacial score (nSPS) is 10.6. The molecule has 90 valence electrons. The molecule has 0 saturated heterocycles. The van der Waals surface area contributed by atoms with Gasteiger partial charge in [0.15, 0.2) is 11.5 Å². The molecule has 1 aromatic rings. The fraction of sp³-hybridized carbons (Fsp3) is 0.400. The van der Waals surface area contributed by atoms with Gasteiger partial charge in [0.25, 0.3) is 0 Å². The number of aliphatic hydroxyl groups excluding tert-OH is 2. The molecule has 0 amide bonds. The van der Waals surface area contributed by atoms with Gasteiger partial charge in [0, 0.05) is 0 Å². The molecule has 0 unspecified atom stereocenters. The van der Waals surface area contributed by atoms with Gasteiger partial charge in [-0.2, -0.15) is 8.78 Å². The number of hydrogen-bond donors (Lipinski definition) is 2. The van der Waals surface area contributed by atoms with Gasteiger partial charge in [-0.15, -0.1) is 0 Å². The van der Waals surface area contributed by atoms with E-state index in [-0.39, 0.29) is 24.7 Å². The van der Waals surface area contributed by atoms with E-state index in [0.29, 0.717) is 11.1 Å². The van der Waals surface area contributed by atoms with Crippen LogP contribution in [0.15, 0.2) is 12.1 Å². The van der Waals surface area contributed by atoms with Gasteiger partial charge in [0.1, 0.15) is 0 Å². The molecule has 4 nitrogen and oxygen atoms in total. The van der Waals surface area contributed by atoms with Gasteiger partial charge in [-0.25, -0.2) is 0 Å². The van der Waals surface area contributed by atoms with Crippen LogP contribution in [0.25, 0.3) is 0 Å². The zero-order valence-electron chi connectivity index (χ0n) is 8.61. The van der Waals surface area contributed by atoms with Crippen LogP contribution in [0, 0.1) is 0 Å². The lowest BCUT2D eigenvalue weighted by Gasteiger charge is -2.13. The Hall–Kier alpha value is -1.40. The summed E-state index contributed by atoms with van der Waals surface area (Å²) in [5.41, 5.74) is 0.722. The summed E-state index contributed by atoms with van der Waals surface area (Å²) in [7, 11) is 1.30. The SMILES string of the molecule is COc1cc(CO)c(CO)cc1OC(F)F. The molecule has 0 saturated carbocycles. The minimum absolute atomic E-state index is 0.0848. The molecule has 0 aromatic heterocycles. The molecule has 0 heterocycles. The van der Waals surface area contributed by atoms with Crippen molar-refractivity contribution in [3.63, 3.8) is 0 Å². The summed E-state index contributed by atoms with van der Waals surface area (Å²) in [6.45, 7) is -3.67. The summed E-state index contributed by atoms with van der Waals surface area (Å²) in [5, 5.41) is 18.0. The fourth-order valence-electron chi connectivity index (χ4n) is 1.29. The van der Waals surface area contributed by atoms with E-state index in [1.54, 1.807) is 0 Å². The van der Waals surface area contributed by atoms with E-state index in [1.165, 1.54) is 19.2 Å². The first-order chi connectivity index (χ1) is 7.62. The monoisotopic (exact) mass is 234 g/mol. The number of rotatable bonds is 5. The predicted molar refractivity (Wildman–Crippen MR) is 51.5 cm³/mol. The van der Waals surface area contributed by atoms with Crippen LogP contribution in [0.4, 0.5) is 8.78 Å². The first kappa shape index (κ1) is 12.7. The van der Waals surface area contributed by atoms with Crippen molar-refractivity contribution in [2.24, 2.45) is 0 Å². The Balaban J connectivity index is 3.15. The third kappa shape index (κ3) is 2.80. The van der Waals surface area contributed by atoms with Gasteiger partial charge in [-0.1, -0.05) is 0 Å². The quantitative estimate of drug-likeness (QED) is 0.805. The van der Waals surface area contributed by atoms with Gasteiger partial charge >= 0.3 is 6.61 Å². The largest absolute Gasteiger partial charge is 0.493 e. The Bertz CT molecular complexity index is 355. The second kappa shape index (κ2) is 5.62. The molecule has 0 atom stereocenters. The number of alkyl halides is 2. The van der Waals surface area contributed by atoms with Crippen LogP contribution in [0.3, 0.4) is 0 Å². The average molecular weight is 234 g/mol. The van der Waals surface area contributed by atoms with E-state index in [0.717, 1.165) is 0 Å². The van der Waals surface area contributed by atoms with Gasteiger partial charge in [0.2, 0.25) is 0 Å². The van der Waals surface area contributed by atoms with Gasteiger partial charge in [0.05, 0.1) is 20.3 Å². The number of ether oxygens (including phenoxy) is 2. The van der Waals surface area contributed by atoms with Crippen molar-refractivity contribution < 1.29 is 28.5 Å². The van der Waals surface area contributed by atoms with Crippen molar-refractivity contribution in [1.82, 2.24) is 0 Å². The molecule has 2 N–H and O–H groups in total. The Morgan fingerprint density at radius 2 is 1.62 bits per heavy atom. The van der Waals surface area contributed by atoms with Crippen LogP contribution >= 0.6 is 0 Å². The molecule has 1 rings (SSSR count). The fourth-order valence-corrected chi connectivity index (χ4v) is 1.29. The minimum Gasteiger partial charge on any atom is -0.493 e. The topological polar surface area (TPSA) is 58.9 Å². The summed E-state index contributed by atoms with van der Waals surface area (Å²) in [4.78, 5) is 0. The van der Waals surface area contributed by atoms with Crippen LogP contribution in [-0.4, -0.2) is 23.9 Å². The highest BCUT2D eigenvalue weighted by Crippen LogP contribution is 2.32. The van der Waals surface area contributed by atoms with E-state index in [4.69, 9.17) is 14.9 Å². The lowest BCUT2D eigenvalue weighted by molar-refractivity contribution is -0.0513. The van der Waals surface area contributed by atoms with E-state index >= 15 is 0 Å². The highest BCUT2D eigenvalue weighted by Gasteiger charge is 2.14. The number of benzene rings is 1. The van der Waals surface area contributed by atoms with Gasteiger partial charge in [-0.3, -0.25) is 0 Å². The zero-order chi connectivity index (χ0) is 12.1. The van der Waals surface area contributed by atoms with E-state index in [9.17, 15) is 8.78 Å². The van der Waals surface area contributed by atoms with Crippen LogP contribution < -0.4 is 9.47 Å². The van der Waals surface area contributed by atoms with Gasteiger partial charge in [-0.05, 0) is 23.3 Å². The smallest absolute Gasteiger partial charge is 0.387 e. The number of methoxy groups -OCH3 is 1. The highest BCUT2D eigenvalue weighted by atomic mass is 19.3. The Kier molecular flexibility index (Phi) is 4.45. The molecular weight excluding hydrogens is 222 g/mol. The average Bonchev–Trinajstić information content (AvgIpc) is 2.27. The van der Waals surface area contributed by atoms with Crippen molar-refractivity contribution in [1.29, 1.82) is 0 Å². The van der Waals surface area contributed by atoms with Crippen LogP contribution in [0.5, 0.6) is 11.5 Å². The molecule has 0 radical (unpaired) electrons. The maximum Gasteiger partial charge on any atom is 0.387 e. The van der Waals surface area contributed by atoms with Crippen LogP contribution in [0.2, 0.25) is 0 Å². The summed E-state index contributed by atoms with van der Waals surface area (Å²) in [5.74, 6) is -0.0831. The third-order valence-corrected chi connectivity index (χ3v) is 2.04. The lowest BCUT2D eigenvalue weighted by atomic mass is 10.1. The molecule has 0 aliphatic heterocycles. The molecule has 0 bridgehead atoms. The lowest BCUT2D eigenvalue weighted by Crippen LogP contribution is -2.05. The Labute approximate surface area is 91.0 Å². The molecule has 0 spiro atoms. The maximum atomic E-state index is 12.1. The molecular formula is C10H12F2O4. The molecule has 0 aliphatic carbocycles. The third-order valence-electron chi connectivity index (χ3n) is 2.04. The second-order valence-electron chi connectivity index (χ2n) is 2.97. The highest BCUT2D eigenvalue weighted by molar-refractivity contribution is 5.47. The molecule has 0 aliphatic rings. The van der Waals surface area contributed by atoms with Gasteiger partial charge < -0.3 is 19.7 Å². The van der Waals surface area contributed by atoms with Crippen molar-refractivity contribution in [3.05, 3.63) is 23.3 Å². The second-order valence-corrected chi connectivity index (χ2v) is 2.97. The zero-order valence-corrected chi connectivity index (χ0v) is 8.61. The van der Waals surface area contributed by atoms with Crippen LogP contribution in [0.1, 0.15) is 11.1 Å². The maximum absolute atomic E-state index is 12.1.